The van der Waals surface area contributed by atoms with E-state index in [1.54, 1.807) is 0 Å². The van der Waals surface area contributed by atoms with Crippen molar-refractivity contribution in [2.45, 2.75) is 179 Å². The number of carbonyl (C=O) groups excluding carboxylic acids is 2. The van der Waals surface area contributed by atoms with Crippen LogP contribution < -0.4 is 0 Å². The van der Waals surface area contributed by atoms with E-state index in [0.29, 0.717) is 11.8 Å². The quantitative estimate of drug-likeness (QED) is 0.115. The topological polar surface area (TPSA) is 52.6 Å². The molecular formula is C36H55BrF2O4. The van der Waals surface area contributed by atoms with Gasteiger partial charge in [-0.25, -0.2) is 18.4 Å². The predicted octanol–water partition coefficient (Wildman–Crippen LogP) is 11.0. The number of alkyl halides is 2. The summed E-state index contributed by atoms with van der Waals surface area (Å²) in [4.78, 5) is 24.5. The standard InChI is InChI=1S/C36H55BrF2O4/c1-3-5-7-9-11-13-33(38)35(40)42-29-20-15-26(16-21-29)28-19-24-31(32(37)25-28)27-17-22-30(23-18-27)43-36(41)34(39)14-12-10-8-6-4-2/h19,24-27,29-30,33-34H,3-18,20-23H2,1-2H3/t26-,27-,29-,30-,33-,34-/m0/s1. The second kappa shape index (κ2) is 19.8. The highest BCUT2D eigenvalue weighted by Crippen LogP contribution is 2.41. The van der Waals surface area contributed by atoms with Crippen LogP contribution in [0.2, 0.25) is 0 Å². The van der Waals surface area contributed by atoms with E-state index in [9.17, 15) is 18.4 Å². The van der Waals surface area contributed by atoms with Gasteiger partial charge in [-0.3, -0.25) is 0 Å². The van der Waals surface area contributed by atoms with E-state index in [1.165, 1.54) is 11.1 Å². The lowest BCUT2D eigenvalue weighted by atomic mass is 9.80. The molecule has 0 heterocycles. The lowest BCUT2D eigenvalue weighted by molar-refractivity contribution is -0.157. The van der Waals surface area contributed by atoms with Gasteiger partial charge in [0.05, 0.1) is 0 Å². The van der Waals surface area contributed by atoms with Crippen molar-refractivity contribution in [2.75, 3.05) is 0 Å². The molecule has 0 amide bonds. The van der Waals surface area contributed by atoms with Crippen LogP contribution in [0.3, 0.4) is 0 Å². The third-order valence-electron chi connectivity index (χ3n) is 9.48. The summed E-state index contributed by atoms with van der Waals surface area (Å²) in [5, 5.41) is 0. The molecule has 7 heteroatoms. The first-order valence-corrected chi connectivity index (χ1v) is 18.1. The minimum Gasteiger partial charge on any atom is -0.460 e. The normalized spacial score (nSPS) is 23.8. The van der Waals surface area contributed by atoms with Crippen molar-refractivity contribution in [3.8, 4) is 0 Å². The van der Waals surface area contributed by atoms with Crippen molar-refractivity contribution in [3.05, 3.63) is 33.8 Å². The van der Waals surface area contributed by atoms with E-state index < -0.39 is 24.3 Å². The van der Waals surface area contributed by atoms with Crippen molar-refractivity contribution < 1.29 is 27.8 Å². The van der Waals surface area contributed by atoms with Crippen LogP contribution in [0, 0.1) is 0 Å². The fraction of sp³-hybridized carbons (Fsp3) is 0.778. The van der Waals surface area contributed by atoms with Gasteiger partial charge in [-0.05, 0) is 106 Å². The molecule has 0 saturated heterocycles. The van der Waals surface area contributed by atoms with Gasteiger partial charge >= 0.3 is 11.9 Å². The van der Waals surface area contributed by atoms with Crippen LogP contribution >= 0.6 is 15.9 Å². The first-order valence-electron chi connectivity index (χ1n) is 17.3. The number of hydrogen-bond donors (Lipinski definition) is 0. The summed E-state index contributed by atoms with van der Waals surface area (Å²) >= 11 is 3.81. The lowest BCUT2D eigenvalue weighted by Gasteiger charge is -2.31. The van der Waals surface area contributed by atoms with Gasteiger partial charge in [0, 0.05) is 4.47 Å². The molecule has 0 radical (unpaired) electrons. The Morgan fingerprint density at radius 1 is 0.698 bits per heavy atom. The van der Waals surface area contributed by atoms with E-state index in [-0.39, 0.29) is 25.0 Å². The molecule has 1 aromatic carbocycles. The van der Waals surface area contributed by atoms with Gasteiger partial charge in [0.1, 0.15) is 12.2 Å². The number of unbranched alkanes of at least 4 members (excludes halogenated alkanes) is 8. The van der Waals surface area contributed by atoms with Crippen molar-refractivity contribution >= 4 is 27.9 Å². The van der Waals surface area contributed by atoms with Crippen LogP contribution in [-0.4, -0.2) is 36.5 Å². The van der Waals surface area contributed by atoms with E-state index >= 15 is 0 Å². The second-order valence-corrected chi connectivity index (χ2v) is 13.8. The van der Waals surface area contributed by atoms with Crippen LogP contribution in [0.4, 0.5) is 8.78 Å². The van der Waals surface area contributed by atoms with Gasteiger partial charge in [-0.15, -0.1) is 0 Å². The third kappa shape index (κ3) is 12.4. The maximum absolute atomic E-state index is 14.3. The Kier molecular flexibility index (Phi) is 16.6. The minimum atomic E-state index is -1.51. The van der Waals surface area contributed by atoms with Crippen molar-refractivity contribution in [1.29, 1.82) is 0 Å². The Hall–Kier alpha value is -1.50. The largest absolute Gasteiger partial charge is 0.460 e. The summed E-state index contributed by atoms with van der Waals surface area (Å²) in [5.74, 6) is -0.585. The summed E-state index contributed by atoms with van der Waals surface area (Å²) in [7, 11) is 0. The van der Waals surface area contributed by atoms with Gasteiger partial charge in [0.2, 0.25) is 0 Å². The number of rotatable bonds is 18. The molecule has 0 unspecified atom stereocenters. The van der Waals surface area contributed by atoms with Crippen LogP contribution in [0.15, 0.2) is 22.7 Å². The molecule has 2 aliphatic rings. The Labute approximate surface area is 267 Å². The number of benzene rings is 1. The first-order chi connectivity index (χ1) is 20.8. The summed E-state index contributed by atoms with van der Waals surface area (Å²) in [6.45, 7) is 4.30. The van der Waals surface area contributed by atoms with E-state index in [4.69, 9.17) is 9.47 Å². The fourth-order valence-electron chi connectivity index (χ4n) is 6.70. The summed E-state index contributed by atoms with van der Waals surface area (Å²) < 4.78 is 40.8. The molecule has 0 bridgehead atoms. The molecular weight excluding hydrogens is 614 g/mol. The zero-order valence-corrected chi connectivity index (χ0v) is 28.2. The van der Waals surface area contributed by atoms with Crippen LogP contribution in [0.25, 0.3) is 0 Å². The molecule has 0 aromatic heterocycles. The summed E-state index contributed by atoms with van der Waals surface area (Å²) in [6.07, 6.45) is 14.1. The van der Waals surface area contributed by atoms with Crippen LogP contribution in [0.5, 0.6) is 0 Å². The molecule has 1 aromatic rings. The first kappa shape index (κ1) is 36.0. The van der Waals surface area contributed by atoms with Gasteiger partial charge in [-0.1, -0.05) is 93.3 Å². The fourth-order valence-corrected chi connectivity index (χ4v) is 7.42. The number of halogens is 3. The van der Waals surface area contributed by atoms with E-state index in [2.05, 4.69) is 48.0 Å². The highest BCUT2D eigenvalue weighted by atomic mass is 79.9. The SMILES string of the molecule is CCCCCCC[C@H](F)C(=O)O[C@H]1CC[C@H](c2ccc([C@H]3CC[C@H](OC(=O)[C@@H](F)CCCCCCC)CC3)c(Br)c2)CC1. The molecule has 2 saturated carbocycles. The Morgan fingerprint density at radius 3 is 1.58 bits per heavy atom. The summed E-state index contributed by atoms with van der Waals surface area (Å²) in [5.41, 5.74) is 2.55. The zero-order chi connectivity index (χ0) is 31.0. The van der Waals surface area contributed by atoms with Crippen molar-refractivity contribution in [2.24, 2.45) is 0 Å². The average Bonchev–Trinajstić information content (AvgIpc) is 3.01. The monoisotopic (exact) mass is 668 g/mol. The molecule has 2 fully saturated rings. The van der Waals surface area contributed by atoms with Gasteiger partial charge < -0.3 is 9.47 Å². The van der Waals surface area contributed by atoms with E-state index in [1.807, 2.05) is 0 Å². The maximum Gasteiger partial charge on any atom is 0.340 e. The van der Waals surface area contributed by atoms with Crippen molar-refractivity contribution in [1.82, 2.24) is 0 Å². The zero-order valence-electron chi connectivity index (χ0n) is 26.6. The smallest absolute Gasteiger partial charge is 0.340 e. The Morgan fingerprint density at radius 2 is 1.14 bits per heavy atom. The molecule has 2 aliphatic carbocycles. The lowest BCUT2D eigenvalue weighted by Crippen LogP contribution is -2.28. The molecule has 0 N–H and O–H groups in total. The van der Waals surface area contributed by atoms with E-state index in [0.717, 1.165) is 120 Å². The van der Waals surface area contributed by atoms with Crippen LogP contribution in [0.1, 0.15) is 165 Å². The van der Waals surface area contributed by atoms with Crippen molar-refractivity contribution in [3.63, 3.8) is 0 Å². The van der Waals surface area contributed by atoms with Gasteiger partial charge in [0.25, 0.3) is 0 Å². The second-order valence-electron chi connectivity index (χ2n) is 12.9. The summed E-state index contributed by atoms with van der Waals surface area (Å²) in [6, 6.07) is 6.66. The Bertz CT molecular complexity index is 957. The molecule has 0 aliphatic heterocycles. The number of hydrogen-bond acceptors (Lipinski definition) is 4. The van der Waals surface area contributed by atoms with Gasteiger partial charge in [-0.2, -0.15) is 0 Å². The average molecular weight is 670 g/mol. The minimum absolute atomic E-state index is 0.187. The molecule has 43 heavy (non-hydrogen) atoms. The Balaban J connectivity index is 1.37. The molecule has 0 spiro atoms. The molecule has 3 rings (SSSR count). The molecule has 2 atom stereocenters. The molecule has 4 nitrogen and oxygen atoms in total. The highest BCUT2D eigenvalue weighted by molar-refractivity contribution is 9.10. The third-order valence-corrected chi connectivity index (χ3v) is 10.2. The van der Waals surface area contributed by atoms with Crippen LogP contribution in [-0.2, 0) is 19.1 Å². The highest BCUT2D eigenvalue weighted by Gasteiger charge is 2.30. The number of carbonyl (C=O) groups is 2. The number of ether oxygens (including phenoxy) is 2. The maximum atomic E-state index is 14.3. The molecule has 244 valence electrons. The number of esters is 2. The van der Waals surface area contributed by atoms with Gasteiger partial charge in [0.15, 0.2) is 12.3 Å². The predicted molar refractivity (Wildman–Crippen MR) is 173 cm³/mol.